The summed E-state index contributed by atoms with van der Waals surface area (Å²) < 4.78 is 0. The minimum absolute atomic E-state index is 0.639. The first kappa shape index (κ1) is 66.8. The van der Waals surface area contributed by atoms with Gasteiger partial charge in [0.25, 0.3) is 0 Å². The fourth-order valence-corrected chi connectivity index (χ4v) is 12.4. The molecule has 0 fully saturated rings. The van der Waals surface area contributed by atoms with E-state index in [2.05, 4.69) is 196 Å². The first-order valence-corrected chi connectivity index (χ1v) is 34.8. The van der Waals surface area contributed by atoms with E-state index in [-0.39, 0.29) is 0 Å². The van der Waals surface area contributed by atoms with E-state index in [0.717, 1.165) is 129 Å². The molecule has 6 heterocycles. The third-order valence-corrected chi connectivity index (χ3v) is 17.7. The molecule has 0 aliphatic carbocycles. The molecule has 0 amide bonds. The van der Waals surface area contributed by atoms with Gasteiger partial charge in [-0.1, -0.05) is 303 Å². The Morgan fingerprint density at radius 2 is 0.505 bits per heavy atom. The van der Waals surface area contributed by atoms with Crippen LogP contribution in [0.25, 0.3) is 158 Å². The molecule has 17 rings (SSSR count). The minimum atomic E-state index is 0.639. The Kier molecular flexibility index (Phi) is 20.2. The van der Waals surface area contributed by atoms with Crippen molar-refractivity contribution in [1.82, 2.24) is 54.8 Å². The molecule has 0 aliphatic rings. The van der Waals surface area contributed by atoms with E-state index in [1.54, 1.807) is 6.20 Å². The van der Waals surface area contributed by atoms with E-state index in [1.807, 2.05) is 203 Å². The van der Waals surface area contributed by atoms with E-state index >= 15 is 0 Å². The summed E-state index contributed by atoms with van der Waals surface area (Å²) in [5.74, 6) is 4.66. The molecule has 0 atom stereocenters. The molecule has 0 radical (unpaired) electrons. The molecule has 11 nitrogen and oxygen atoms in total. The number of pyridine rings is 3. The van der Waals surface area contributed by atoms with Crippen molar-refractivity contribution in [3.63, 3.8) is 0 Å². The van der Waals surface area contributed by atoms with Crippen LogP contribution in [0.2, 0.25) is 0 Å². The maximum atomic E-state index is 5.10. The average molecular weight is 1350 g/mol. The fraction of sp³-hybridized carbons (Fsp3) is 0.0319. The van der Waals surface area contributed by atoms with Gasteiger partial charge in [0.05, 0.1) is 11.4 Å². The van der Waals surface area contributed by atoms with Crippen molar-refractivity contribution in [2.24, 2.45) is 0 Å². The van der Waals surface area contributed by atoms with Crippen LogP contribution in [-0.4, -0.2) is 54.8 Å². The summed E-state index contributed by atoms with van der Waals surface area (Å²) in [5, 5.41) is 0. The van der Waals surface area contributed by atoms with Gasteiger partial charge in [-0.15, -0.1) is 0 Å². The Morgan fingerprint density at radius 1 is 0.171 bits per heavy atom. The summed E-state index contributed by atoms with van der Waals surface area (Å²) in [7, 11) is 0. The molecule has 17 aromatic rings. The highest BCUT2D eigenvalue weighted by Gasteiger charge is 2.18. The normalized spacial score (nSPS) is 10.8. The van der Waals surface area contributed by atoms with Crippen molar-refractivity contribution in [3.8, 4) is 158 Å². The molecule has 0 unspecified atom stereocenters. The third-order valence-electron chi connectivity index (χ3n) is 17.7. The van der Waals surface area contributed by atoms with E-state index in [0.29, 0.717) is 34.9 Å². The number of nitrogens with zero attached hydrogens (tertiary/aromatic N) is 11. The molecule has 0 N–H and O–H groups in total. The van der Waals surface area contributed by atoms with E-state index in [4.69, 9.17) is 34.9 Å². The highest BCUT2D eigenvalue weighted by atomic mass is 15.0. The van der Waals surface area contributed by atoms with Crippen molar-refractivity contribution in [1.29, 1.82) is 0 Å². The Labute approximate surface area is 611 Å². The van der Waals surface area contributed by atoms with Crippen LogP contribution in [0.4, 0.5) is 0 Å². The smallest absolute Gasteiger partial charge is 0.164 e. The number of aryl methyl sites for hydroxylation is 3. The van der Waals surface area contributed by atoms with Crippen LogP contribution in [0.5, 0.6) is 0 Å². The number of hydrogen-bond acceptors (Lipinski definition) is 11. The fourth-order valence-electron chi connectivity index (χ4n) is 12.4. The molecule has 0 saturated carbocycles. The van der Waals surface area contributed by atoms with Crippen LogP contribution in [0.3, 0.4) is 0 Å². The lowest BCUT2D eigenvalue weighted by Crippen LogP contribution is -2.01. The number of hydrogen-bond donors (Lipinski definition) is 0. The molecule has 11 aromatic carbocycles. The zero-order valence-electron chi connectivity index (χ0n) is 58.1. The number of rotatable bonds is 14. The third kappa shape index (κ3) is 16.3. The number of aromatic nitrogens is 11. The highest BCUT2D eigenvalue weighted by Crippen LogP contribution is 2.36. The Morgan fingerprint density at radius 3 is 1.00 bits per heavy atom. The lowest BCUT2D eigenvalue weighted by Gasteiger charge is -2.12. The maximum Gasteiger partial charge on any atom is 0.164 e. The van der Waals surface area contributed by atoms with Crippen molar-refractivity contribution < 1.29 is 0 Å². The molecular weight excluding hydrogens is 1280 g/mol. The Bertz CT molecular complexity index is 5680. The van der Waals surface area contributed by atoms with Crippen molar-refractivity contribution >= 4 is 0 Å². The van der Waals surface area contributed by atoms with Crippen molar-refractivity contribution in [3.05, 3.63) is 381 Å². The van der Waals surface area contributed by atoms with Gasteiger partial charge in [0, 0.05) is 96.9 Å². The minimum Gasteiger partial charge on any atom is -0.264 e. The monoisotopic (exact) mass is 1350 g/mol. The van der Waals surface area contributed by atoms with Gasteiger partial charge in [-0.25, -0.2) is 44.9 Å². The van der Waals surface area contributed by atoms with Gasteiger partial charge < -0.3 is 0 Å². The molecule has 0 spiro atoms. The molecule has 0 saturated heterocycles. The second-order valence-corrected chi connectivity index (χ2v) is 25.2. The lowest BCUT2D eigenvalue weighted by molar-refractivity contribution is 1.06. The van der Waals surface area contributed by atoms with Crippen LogP contribution in [-0.2, 0) is 0 Å². The Hall–Kier alpha value is -14.0. The second-order valence-electron chi connectivity index (χ2n) is 25.2. The summed E-state index contributed by atoms with van der Waals surface area (Å²) >= 11 is 0. The Balaban J connectivity index is 0.000000127. The molecule has 500 valence electrons. The van der Waals surface area contributed by atoms with Crippen LogP contribution in [0.1, 0.15) is 17.1 Å². The molecule has 105 heavy (non-hydrogen) atoms. The van der Waals surface area contributed by atoms with Crippen molar-refractivity contribution in [2.45, 2.75) is 20.8 Å². The molecule has 0 aliphatic heterocycles. The van der Waals surface area contributed by atoms with Gasteiger partial charge in [-0.3, -0.25) is 9.97 Å². The summed E-state index contributed by atoms with van der Waals surface area (Å²) in [4.78, 5) is 52.1. The van der Waals surface area contributed by atoms with Gasteiger partial charge in [-0.2, -0.15) is 0 Å². The summed E-state index contributed by atoms with van der Waals surface area (Å²) in [5.41, 5.74) is 24.9. The van der Waals surface area contributed by atoms with Crippen molar-refractivity contribution in [2.75, 3.05) is 0 Å². The molecule has 0 bridgehead atoms. The second kappa shape index (κ2) is 31.7. The first-order valence-electron chi connectivity index (χ1n) is 34.8. The van der Waals surface area contributed by atoms with Gasteiger partial charge in [-0.05, 0) is 108 Å². The SMILES string of the molecule is Cc1cc(C)nc(-c2ccc(-c3cc(-c4ccccc4)nc(-c4cccc(-c5ccccc5)c4)c3)cc2)n1.Cc1ccc(-c2ccc(-c3nc(-c4ccccc4)nc(-c4ccccc4-c4ccccc4)n3)cc2)cn1.c1ccc(-c2nc(-c3ccccc3)nc(-c3cccc(-c4cccnc4)c3)n2)cc1. The topological polar surface area (TPSA) is 142 Å². The van der Waals surface area contributed by atoms with Gasteiger partial charge in [0.1, 0.15) is 0 Å². The van der Waals surface area contributed by atoms with E-state index in [9.17, 15) is 0 Å². The summed E-state index contributed by atoms with van der Waals surface area (Å²) in [6.07, 6.45) is 5.54. The predicted molar refractivity (Wildman–Crippen MR) is 425 cm³/mol. The van der Waals surface area contributed by atoms with Crippen LogP contribution < -0.4 is 0 Å². The maximum absolute atomic E-state index is 5.10. The lowest BCUT2D eigenvalue weighted by atomic mass is 9.97. The zero-order valence-corrected chi connectivity index (χ0v) is 58.1. The van der Waals surface area contributed by atoms with Gasteiger partial charge in [0.15, 0.2) is 40.8 Å². The zero-order chi connectivity index (χ0) is 71.1. The summed E-state index contributed by atoms with van der Waals surface area (Å²) in [6.45, 7) is 6.00. The molecule has 11 heteroatoms. The largest absolute Gasteiger partial charge is 0.264 e. The van der Waals surface area contributed by atoms with Crippen LogP contribution in [0.15, 0.2) is 364 Å². The predicted octanol–water partition coefficient (Wildman–Crippen LogP) is 22.7. The average Bonchev–Trinajstić information content (AvgIpc) is 0.796. The van der Waals surface area contributed by atoms with Crippen LogP contribution in [0, 0.1) is 20.8 Å². The molecule has 6 aromatic heterocycles. The van der Waals surface area contributed by atoms with Crippen LogP contribution >= 0.6 is 0 Å². The summed E-state index contributed by atoms with van der Waals surface area (Å²) in [6, 6.07) is 117. The highest BCUT2D eigenvalue weighted by molar-refractivity contribution is 5.83. The quantitative estimate of drug-likeness (QED) is 0.103. The molecular formula is C94H69N11. The van der Waals surface area contributed by atoms with E-state index in [1.165, 1.54) is 11.1 Å². The first-order chi connectivity index (χ1) is 51.7. The number of benzene rings is 11. The van der Waals surface area contributed by atoms with E-state index < -0.39 is 0 Å². The van der Waals surface area contributed by atoms with Gasteiger partial charge in [0.2, 0.25) is 0 Å². The standard InChI is InChI=1S/C35H27N3.C33H24N4.C26H18N4/c1-24-20-25(2)37-35(36-24)29-18-16-27(17-19-29)32-22-33(28-12-7-4-8-13-28)38-34(23-32)31-15-9-14-30(21-31)26-10-5-3-6-11-26;1-23-16-17-28(22-34-23)24-18-20-27(21-19-24)32-35-31(26-12-6-3-7-13-26)36-33(37-32)30-15-9-8-14-29(30)25-10-4-2-5-11-25;1-3-9-19(10-4-1)24-28-25(20-11-5-2-6-12-20)30-26(29-24)22-14-7-13-21(17-22)23-15-8-16-27-18-23/h3-23H,1-2H3;2-22H,1H3;1-18H. The van der Waals surface area contributed by atoms with Gasteiger partial charge >= 0.3 is 0 Å².